The first-order chi connectivity index (χ1) is 9.78. The van der Waals surface area contributed by atoms with Crippen molar-refractivity contribution in [2.24, 2.45) is 17.9 Å². The first kappa shape index (κ1) is 14.9. The van der Waals surface area contributed by atoms with Gasteiger partial charge < -0.3 is 9.47 Å². The molecule has 6 heteroatoms. The lowest BCUT2D eigenvalue weighted by Crippen LogP contribution is -2.38. The van der Waals surface area contributed by atoms with Gasteiger partial charge in [0.15, 0.2) is 5.16 Å². The predicted octanol–water partition coefficient (Wildman–Crippen LogP) is 2.33. The largest absolute Gasteiger partial charge is 0.338 e. The van der Waals surface area contributed by atoms with Gasteiger partial charge in [0.25, 0.3) is 0 Å². The molecule has 3 rings (SSSR count). The second-order valence-electron chi connectivity index (χ2n) is 7.75. The highest BCUT2D eigenvalue weighted by Gasteiger charge is 2.50. The van der Waals surface area contributed by atoms with Gasteiger partial charge in [-0.3, -0.25) is 4.79 Å². The zero-order chi connectivity index (χ0) is 15.3. The zero-order valence-electron chi connectivity index (χ0n) is 13.3. The van der Waals surface area contributed by atoms with E-state index in [0.29, 0.717) is 22.6 Å². The average molecular weight is 308 g/mol. The number of aryl methyl sites for hydroxylation is 1. The molecule has 0 spiro atoms. The predicted molar refractivity (Wildman–Crippen MR) is 83.0 cm³/mol. The number of fused-ring (bicyclic) bond motifs is 2. The molecule has 116 valence electrons. The van der Waals surface area contributed by atoms with Crippen LogP contribution in [0.4, 0.5) is 0 Å². The fourth-order valence-electron chi connectivity index (χ4n) is 4.36. The van der Waals surface area contributed by atoms with Crippen LogP contribution < -0.4 is 0 Å². The lowest BCUT2D eigenvalue weighted by atomic mass is 9.65. The number of hydrogen-bond acceptors (Lipinski definition) is 4. The summed E-state index contributed by atoms with van der Waals surface area (Å²) in [4.78, 5) is 14.7. The molecular formula is C15H24N4OS. The van der Waals surface area contributed by atoms with E-state index in [1.807, 2.05) is 11.6 Å². The second kappa shape index (κ2) is 5.00. The molecule has 2 atom stereocenters. The van der Waals surface area contributed by atoms with E-state index in [0.717, 1.165) is 24.5 Å². The highest BCUT2D eigenvalue weighted by atomic mass is 32.2. The third kappa shape index (κ3) is 2.96. The van der Waals surface area contributed by atoms with Gasteiger partial charge in [0.2, 0.25) is 5.91 Å². The maximum atomic E-state index is 12.6. The maximum absolute atomic E-state index is 12.6. The highest BCUT2D eigenvalue weighted by Crippen LogP contribution is 2.52. The molecule has 5 nitrogen and oxygen atoms in total. The number of amides is 1. The molecule has 1 aliphatic carbocycles. The van der Waals surface area contributed by atoms with Crippen LogP contribution in [0.3, 0.4) is 0 Å². The number of aromatic nitrogens is 3. The Kier molecular flexibility index (Phi) is 3.55. The van der Waals surface area contributed by atoms with Crippen LogP contribution in [0, 0.1) is 10.8 Å². The Labute approximate surface area is 130 Å². The summed E-state index contributed by atoms with van der Waals surface area (Å²) in [5.74, 6) is 0.703. The molecule has 2 aliphatic rings. The van der Waals surface area contributed by atoms with E-state index in [-0.39, 0.29) is 5.91 Å². The molecule has 21 heavy (non-hydrogen) atoms. The Morgan fingerprint density at radius 1 is 1.43 bits per heavy atom. The molecule has 0 radical (unpaired) electrons. The van der Waals surface area contributed by atoms with Crippen LogP contribution in [-0.4, -0.2) is 43.9 Å². The van der Waals surface area contributed by atoms with Crippen LogP contribution in [-0.2, 0) is 11.8 Å². The van der Waals surface area contributed by atoms with Crippen LogP contribution in [0.1, 0.15) is 40.0 Å². The molecule has 1 amide bonds. The molecule has 1 saturated heterocycles. The normalized spacial score (nSPS) is 30.7. The summed E-state index contributed by atoms with van der Waals surface area (Å²) in [7, 11) is 1.90. The highest BCUT2D eigenvalue weighted by molar-refractivity contribution is 7.99. The summed E-state index contributed by atoms with van der Waals surface area (Å²) in [6.07, 6.45) is 5.18. The number of rotatable bonds is 3. The van der Waals surface area contributed by atoms with Crippen molar-refractivity contribution in [3.8, 4) is 0 Å². The number of carbonyl (C=O) groups excluding carboxylic acids is 1. The van der Waals surface area contributed by atoms with Crippen molar-refractivity contribution in [1.29, 1.82) is 0 Å². The first-order valence-electron chi connectivity index (χ1n) is 7.54. The van der Waals surface area contributed by atoms with Crippen LogP contribution in [0.25, 0.3) is 0 Å². The lowest BCUT2D eigenvalue weighted by Gasteiger charge is -2.39. The van der Waals surface area contributed by atoms with E-state index < -0.39 is 0 Å². The molecule has 2 unspecified atom stereocenters. The third-order valence-electron chi connectivity index (χ3n) is 4.73. The van der Waals surface area contributed by atoms with Crippen LogP contribution >= 0.6 is 11.8 Å². The molecule has 1 aliphatic heterocycles. The molecule has 1 aromatic rings. The van der Waals surface area contributed by atoms with Gasteiger partial charge in [-0.1, -0.05) is 32.5 Å². The molecule has 0 N–H and O–H groups in total. The molecule has 1 aromatic heterocycles. The summed E-state index contributed by atoms with van der Waals surface area (Å²) in [6.45, 7) is 7.92. The lowest BCUT2D eigenvalue weighted by molar-refractivity contribution is -0.129. The Morgan fingerprint density at radius 2 is 2.19 bits per heavy atom. The van der Waals surface area contributed by atoms with Crippen molar-refractivity contribution < 1.29 is 4.79 Å². The number of thioether (sulfide) groups is 1. The van der Waals surface area contributed by atoms with E-state index in [9.17, 15) is 4.79 Å². The Balaban J connectivity index is 1.65. The molecule has 1 saturated carbocycles. The quantitative estimate of drug-likeness (QED) is 0.804. The van der Waals surface area contributed by atoms with E-state index in [4.69, 9.17) is 0 Å². The van der Waals surface area contributed by atoms with E-state index >= 15 is 0 Å². The van der Waals surface area contributed by atoms with Crippen molar-refractivity contribution in [3.63, 3.8) is 0 Å². The van der Waals surface area contributed by atoms with E-state index in [2.05, 4.69) is 35.9 Å². The van der Waals surface area contributed by atoms with Gasteiger partial charge in [-0.05, 0) is 30.1 Å². The summed E-state index contributed by atoms with van der Waals surface area (Å²) < 4.78 is 1.85. The summed E-state index contributed by atoms with van der Waals surface area (Å²) in [6, 6.07) is 0.423. The Hall–Kier alpha value is -1.04. The number of likely N-dealkylation sites (tertiary alicyclic amines) is 1. The summed E-state index contributed by atoms with van der Waals surface area (Å²) in [5.41, 5.74) is 0.654. The number of nitrogens with zero attached hydrogens (tertiary/aromatic N) is 4. The van der Waals surface area contributed by atoms with Gasteiger partial charge >= 0.3 is 0 Å². The molecule has 2 fully saturated rings. The van der Waals surface area contributed by atoms with E-state index in [1.165, 1.54) is 18.2 Å². The third-order valence-corrected chi connectivity index (χ3v) is 5.75. The van der Waals surface area contributed by atoms with E-state index in [1.54, 1.807) is 6.33 Å². The minimum Gasteiger partial charge on any atom is -0.338 e. The summed E-state index contributed by atoms with van der Waals surface area (Å²) in [5, 5.41) is 8.67. The van der Waals surface area contributed by atoms with Gasteiger partial charge in [0, 0.05) is 19.6 Å². The smallest absolute Gasteiger partial charge is 0.233 e. The minimum atomic E-state index is 0.245. The molecule has 0 aromatic carbocycles. The topological polar surface area (TPSA) is 51.0 Å². The first-order valence-corrected chi connectivity index (χ1v) is 8.53. The Bertz CT molecular complexity index is 556. The van der Waals surface area contributed by atoms with Gasteiger partial charge in [-0.15, -0.1) is 10.2 Å². The fourth-order valence-corrected chi connectivity index (χ4v) is 5.14. The number of hydrogen-bond donors (Lipinski definition) is 0. The van der Waals surface area contributed by atoms with Gasteiger partial charge in [0.1, 0.15) is 6.33 Å². The van der Waals surface area contributed by atoms with Crippen LogP contribution in [0.15, 0.2) is 11.5 Å². The van der Waals surface area contributed by atoms with Crippen molar-refractivity contribution in [2.75, 3.05) is 12.3 Å². The second-order valence-corrected chi connectivity index (χ2v) is 8.69. The fraction of sp³-hybridized carbons (Fsp3) is 0.800. The minimum absolute atomic E-state index is 0.245. The van der Waals surface area contributed by atoms with Gasteiger partial charge in [-0.25, -0.2) is 0 Å². The van der Waals surface area contributed by atoms with Crippen molar-refractivity contribution in [2.45, 2.75) is 51.2 Å². The molecule has 2 heterocycles. The Morgan fingerprint density at radius 3 is 2.86 bits per heavy atom. The number of carbonyl (C=O) groups is 1. The van der Waals surface area contributed by atoms with Crippen LogP contribution in [0.5, 0.6) is 0 Å². The molecular weight excluding hydrogens is 284 g/mol. The SMILES string of the molecule is Cn1cnnc1SCC(=O)N1CC2(C)CC1CC(C)(C)C2. The van der Waals surface area contributed by atoms with Crippen molar-refractivity contribution in [3.05, 3.63) is 6.33 Å². The van der Waals surface area contributed by atoms with Crippen molar-refractivity contribution in [1.82, 2.24) is 19.7 Å². The monoisotopic (exact) mass is 308 g/mol. The average Bonchev–Trinajstić information content (AvgIpc) is 2.86. The summed E-state index contributed by atoms with van der Waals surface area (Å²) >= 11 is 1.48. The van der Waals surface area contributed by atoms with Gasteiger partial charge in [-0.2, -0.15) is 0 Å². The van der Waals surface area contributed by atoms with Crippen LogP contribution in [0.2, 0.25) is 0 Å². The van der Waals surface area contributed by atoms with Gasteiger partial charge in [0.05, 0.1) is 5.75 Å². The zero-order valence-corrected chi connectivity index (χ0v) is 14.1. The molecule has 2 bridgehead atoms. The maximum Gasteiger partial charge on any atom is 0.233 e. The standard InChI is InChI=1S/C15H24N4OS/c1-14(2)5-11-6-15(3,8-14)9-19(11)12(20)7-21-13-17-16-10-18(13)4/h10-11H,5-9H2,1-4H3. The van der Waals surface area contributed by atoms with Crippen molar-refractivity contribution >= 4 is 17.7 Å².